The van der Waals surface area contributed by atoms with Crippen molar-refractivity contribution in [1.82, 2.24) is 19.5 Å². The number of fused-ring (bicyclic) bond motifs is 1. The molecule has 0 aliphatic carbocycles. The molecule has 0 saturated carbocycles. The van der Waals surface area contributed by atoms with Crippen LogP contribution in [0.4, 0.5) is 10.2 Å². The molecule has 5 N–H and O–H groups in total. The van der Waals surface area contributed by atoms with Gasteiger partial charge in [-0.15, -0.1) is 0 Å². The standard InChI is InChI=1S/C21H21FN6O5/c1-32-27-19-17-20(26-16(25-19)7-4-12-2-5-13(22)6-3-12)28(11-24-17)21(9-8-15(23)30)18(31)14(29)10-33-21/h2-3,5-6,11,14,18,29,31H,8-10H2,1H3,(H2,23,30)(H,25,26,27). The van der Waals surface area contributed by atoms with Gasteiger partial charge in [0.1, 0.15) is 18.0 Å². The highest BCUT2D eigenvalue weighted by atomic mass is 19.1. The lowest BCUT2D eigenvalue weighted by Gasteiger charge is -2.33. The van der Waals surface area contributed by atoms with Gasteiger partial charge >= 0.3 is 0 Å². The number of aromatic nitrogens is 4. The molecular formula is C21H21FN6O5. The number of halogens is 1. The Labute approximate surface area is 187 Å². The molecule has 3 atom stereocenters. The number of amides is 1. The van der Waals surface area contributed by atoms with E-state index in [1.54, 1.807) is 0 Å². The molecule has 0 spiro atoms. The number of hydrogen-bond acceptors (Lipinski definition) is 9. The summed E-state index contributed by atoms with van der Waals surface area (Å²) < 4.78 is 20.4. The second-order valence-electron chi connectivity index (χ2n) is 7.38. The Morgan fingerprint density at radius 3 is 2.76 bits per heavy atom. The maximum absolute atomic E-state index is 13.1. The Morgan fingerprint density at radius 1 is 1.36 bits per heavy atom. The highest BCUT2D eigenvalue weighted by molar-refractivity contribution is 5.83. The molecule has 1 aromatic carbocycles. The van der Waals surface area contributed by atoms with Crippen molar-refractivity contribution in [3.05, 3.63) is 47.8 Å². The van der Waals surface area contributed by atoms with Crippen molar-refractivity contribution in [2.75, 3.05) is 19.2 Å². The first-order chi connectivity index (χ1) is 15.8. The number of benzene rings is 1. The highest BCUT2D eigenvalue weighted by Gasteiger charge is 2.51. The first-order valence-electron chi connectivity index (χ1n) is 9.94. The third kappa shape index (κ3) is 4.35. The Kier molecular flexibility index (Phi) is 6.21. The van der Waals surface area contributed by atoms with E-state index in [2.05, 4.69) is 32.3 Å². The van der Waals surface area contributed by atoms with E-state index in [4.69, 9.17) is 15.3 Å². The normalized spacial score (nSPS) is 22.2. The molecular weight excluding hydrogens is 435 g/mol. The van der Waals surface area contributed by atoms with Crippen LogP contribution in [0.3, 0.4) is 0 Å². The van der Waals surface area contributed by atoms with Gasteiger partial charge in [-0.3, -0.25) is 14.2 Å². The molecule has 1 amide bonds. The van der Waals surface area contributed by atoms with Crippen molar-refractivity contribution >= 4 is 22.9 Å². The monoisotopic (exact) mass is 456 g/mol. The van der Waals surface area contributed by atoms with Crippen molar-refractivity contribution < 1.29 is 29.0 Å². The molecule has 3 aromatic rings. The van der Waals surface area contributed by atoms with Crippen LogP contribution in [-0.2, 0) is 20.1 Å². The highest BCUT2D eigenvalue weighted by Crippen LogP contribution is 2.38. The van der Waals surface area contributed by atoms with Gasteiger partial charge in [0.2, 0.25) is 11.7 Å². The van der Waals surface area contributed by atoms with Crippen molar-refractivity contribution in [2.24, 2.45) is 5.73 Å². The number of nitrogens with zero attached hydrogens (tertiary/aromatic N) is 4. The molecule has 0 bridgehead atoms. The summed E-state index contributed by atoms with van der Waals surface area (Å²) in [6.07, 6.45) is -1.35. The van der Waals surface area contributed by atoms with E-state index in [0.29, 0.717) is 5.56 Å². The molecule has 33 heavy (non-hydrogen) atoms. The molecule has 0 radical (unpaired) electrons. The minimum atomic E-state index is -1.54. The van der Waals surface area contributed by atoms with Crippen LogP contribution in [0.25, 0.3) is 11.2 Å². The van der Waals surface area contributed by atoms with Gasteiger partial charge in [-0.2, -0.15) is 4.98 Å². The maximum atomic E-state index is 13.1. The topological polar surface area (TPSA) is 158 Å². The summed E-state index contributed by atoms with van der Waals surface area (Å²) in [6.45, 7) is -0.162. The zero-order chi connectivity index (χ0) is 23.6. The third-order valence-electron chi connectivity index (χ3n) is 5.23. The Balaban J connectivity index is 1.84. The number of anilines is 1. The third-order valence-corrected chi connectivity index (χ3v) is 5.23. The zero-order valence-corrected chi connectivity index (χ0v) is 17.5. The van der Waals surface area contributed by atoms with E-state index >= 15 is 0 Å². The number of nitrogens with one attached hydrogen (secondary N) is 1. The fourth-order valence-electron chi connectivity index (χ4n) is 3.62. The number of aliphatic hydroxyl groups excluding tert-OH is 2. The van der Waals surface area contributed by atoms with Crippen molar-refractivity contribution in [2.45, 2.75) is 30.8 Å². The van der Waals surface area contributed by atoms with Crippen LogP contribution >= 0.6 is 0 Å². The fraction of sp³-hybridized carbons (Fsp3) is 0.333. The molecule has 172 valence electrons. The average molecular weight is 456 g/mol. The van der Waals surface area contributed by atoms with Gasteiger partial charge in [-0.25, -0.2) is 19.8 Å². The van der Waals surface area contributed by atoms with Crippen molar-refractivity contribution in [3.8, 4) is 11.8 Å². The van der Waals surface area contributed by atoms with Gasteiger partial charge in [0.05, 0.1) is 20.0 Å². The molecule has 12 heteroatoms. The molecule has 3 heterocycles. The summed E-state index contributed by atoms with van der Waals surface area (Å²) in [5.41, 5.74) is 7.42. The Morgan fingerprint density at radius 2 is 2.12 bits per heavy atom. The van der Waals surface area contributed by atoms with Gasteiger partial charge in [-0.05, 0) is 30.2 Å². The molecule has 1 saturated heterocycles. The summed E-state index contributed by atoms with van der Waals surface area (Å²) >= 11 is 0. The first-order valence-corrected chi connectivity index (χ1v) is 9.94. The minimum Gasteiger partial charge on any atom is -0.388 e. The van der Waals surface area contributed by atoms with Gasteiger partial charge < -0.3 is 20.7 Å². The number of aliphatic hydroxyl groups is 2. The molecule has 11 nitrogen and oxygen atoms in total. The van der Waals surface area contributed by atoms with Crippen molar-refractivity contribution in [1.29, 1.82) is 0 Å². The molecule has 1 aliphatic rings. The SMILES string of the molecule is CONc1nc(C#Cc2ccc(F)cc2)nc2c1ncn2C1(CCC(N)=O)OCC(O)C1O. The summed E-state index contributed by atoms with van der Waals surface area (Å²) in [6, 6.07) is 5.60. The zero-order valence-electron chi connectivity index (χ0n) is 17.5. The minimum absolute atomic E-state index is 0.0281. The van der Waals surface area contributed by atoms with E-state index in [9.17, 15) is 19.4 Å². The lowest BCUT2D eigenvalue weighted by molar-refractivity contribution is -0.136. The number of nitrogens with two attached hydrogens (primary N) is 1. The van der Waals surface area contributed by atoms with E-state index in [-0.39, 0.29) is 48.1 Å². The van der Waals surface area contributed by atoms with E-state index < -0.39 is 23.8 Å². The lowest BCUT2D eigenvalue weighted by atomic mass is 9.98. The summed E-state index contributed by atoms with van der Waals surface area (Å²) in [5.74, 6) is 4.94. The summed E-state index contributed by atoms with van der Waals surface area (Å²) in [4.78, 5) is 29.5. The molecule has 1 aliphatic heterocycles. The second-order valence-corrected chi connectivity index (χ2v) is 7.38. The van der Waals surface area contributed by atoms with Gasteiger partial charge in [-0.1, -0.05) is 5.92 Å². The summed E-state index contributed by atoms with van der Waals surface area (Å²) in [5, 5.41) is 20.9. The summed E-state index contributed by atoms with van der Waals surface area (Å²) in [7, 11) is 1.39. The van der Waals surface area contributed by atoms with Crippen LogP contribution in [0.2, 0.25) is 0 Å². The van der Waals surface area contributed by atoms with Crippen LogP contribution in [-0.4, -0.2) is 61.6 Å². The van der Waals surface area contributed by atoms with Gasteiger partial charge in [0.25, 0.3) is 0 Å². The Hall–Kier alpha value is -3.63. The van der Waals surface area contributed by atoms with E-state index in [0.717, 1.165) is 0 Å². The van der Waals surface area contributed by atoms with Crippen LogP contribution in [0.15, 0.2) is 30.6 Å². The largest absolute Gasteiger partial charge is 0.388 e. The number of imidazole rings is 1. The number of primary amides is 1. The van der Waals surface area contributed by atoms with Crippen molar-refractivity contribution in [3.63, 3.8) is 0 Å². The average Bonchev–Trinajstić information content (AvgIpc) is 3.35. The number of rotatable bonds is 6. The molecule has 2 aromatic heterocycles. The fourth-order valence-corrected chi connectivity index (χ4v) is 3.62. The predicted octanol–water partition coefficient (Wildman–Crippen LogP) is 0.00880. The molecule has 3 unspecified atom stereocenters. The molecule has 4 rings (SSSR count). The van der Waals surface area contributed by atoms with Crippen LogP contribution < -0.4 is 11.2 Å². The number of ether oxygens (including phenoxy) is 1. The van der Waals surface area contributed by atoms with Gasteiger partial charge in [0, 0.05) is 18.4 Å². The second kappa shape index (κ2) is 9.08. The van der Waals surface area contributed by atoms with Crippen LogP contribution in [0.1, 0.15) is 24.2 Å². The van der Waals surface area contributed by atoms with Crippen LogP contribution in [0.5, 0.6) is 0 Å². The number of carbonyl (C=O) groups is 1. The Bertz CT molecular complexity index is 1240. The van der Waals surface area contributed by atoms with E-state index in [1.807, 2.05) is 0 Å². The van der Waals surface area contributed by atoms with E-state index in [1.165, 1.54) is 42.3 Å². The number of hydrogen-bond donors (Lipinski definition) is 4. The maximum Gasteiger partial charge on any atom is 0.217 e. The number of carbonyl (C=O) groups excluding carboxylic acids is 1. The first kappa shape index (κ1) is 22.6. The predicted molar refractivity (Wildman–Crippen MR) is 113 cm³/mol. The van der Waals surface area contributed by atoms with Gasteiger partial charge in [0.15, 0.2) is 22.7 Å². The smallest absolute Gasteiger partial charge is 0.217 e. The lowest BCUT2D eigenvalue weighted by Crippen LogP contribution is -2.46. The quantitative estimate of drug-likeness (QED) is 0.296. The van der Waals surface area contributed by atoms with Crippen LogP contribution in [0, 0.1) is 17.7 Å². The molecule has 1 fully saturated rings.